The standard InChI is InChI=1S/C25H25N3O2/c26-27-25(29)15-21-17-28(14-13-19-7-3-1-4-8-19)24-12-11-22(16-23(21)24)30-18-20-9-5-2-6-10-20/h1-12,16-17H,13-15,18,26H2,(H,27,29). The topological polar surface area (TPSA) is 69.3 Å². The van der Waals surface area contributed by atoms with Gasteiger partial charge in [0.1, 0.15) is 12.4 Å². The van der Waals surface area contributed by atoms with Crippen molar-refractivity contribution in [1.29, 1.82) is 0 Å². The number of carbonyl (C=O) groups excluding carboxylic acids is 1. The molecule has 1 amide bonds. The van der Waals surface area contributed by atoms with Crippen LogP contribution in [0.2, 0.25) is 0 Å². The summed E-state index contributed by atoms with van der Waals surface area (Å²) in [4.78, 5) is 11.9. The van der Waals surface area contributed by atoms with Crippen LogP contribution in [0, 0.1) is 0 Å². The van der Waals surface area contributed by atoms with Gasteiger partial charge in [-0.1, -0.05) is 60.7 Å². The quantitative estimate of drug-likeness (QED) is 0.267. The van der Waals surface area contributed by atoms with Crippen LogP contribution in [-0.2, 0) is 30.8 Å². The number of fused-ring (bicyclic) bond motifs is 1. The van der Waals surface area contributed by atoms with Crippen LogP contribution in [0.5, 0.6) is 5.75 Å². The van der Waals surface area contributed by atoms with Gasteiger partial charge in [-0.3, -0.25) is 10.2 Å². The summed E-state index contributed by atoms with van der Waals surface area (Å²) in [6.45, 7) is 1.33. The minimum Gasteiger partial charge on any atom is -0.489 e. The first kappa shape index (κ1) is 19.7. The molecule has 0 radical (unpaired) electrons. The molecule has 0 bridgehead atoms. The van der Waals surface area contributed by atoms with Gasteiger partial charge in [0.05, 0.1) is 6.42 Å². The van der Waals surface area contributed by atoms with Crippen molar-refractivity contribution >= 4 is 16.8 Å². The van der Waals surface area contributed by atoms with Crippen LogP contribution in [0.3, 0.4) is 0 Å². The zero-order chi connectivity index (χ0) is 20.8. The van der Waals surface area contributed by atoms with E-state index in [0.29, 0.717) is 6.61 Å². The van der Waals surface area contributed by atoms with E-state index in [0.717, 1.165) is 40.7 Å². The summed E-state index contributed by atoms with van der Waals surface area (Å²) in [7, 11) is 0. The maximum Gasteiger partial charge on any atom is 0.238 e. The highest BCUT2D eigenvalue weighted by atomic mass is 16.5. The summed E-state index contributed by atoms with van der Waals surface area (Å²) < 4.78 is 8.19. The molecule has 0 aliphatic heterocycles. The molecule has 152 valence electrons. The second kappa shape index (κ2) is 9.29. The van der Waals surface area contributed by atoms with Crippen molar-refractivity contribution in [1.82, 2.24) is 9.99 Å². The van der Waals surface area contributed by atoms with Crippen molar-refractivity contribution in [3.8, 4) is 5.75 Å². The number of aromatic nitrogens is 1. The molecule has 1 heterocycles. The maximum absolute atomic E-state index is 11.9. The van der Waals surface area contributed by atoms with Gasteiger partial charge in [0.25, 0.3) is 0 Å². The third-order valence-corrected chi connectivity index (χ3v) is 5.18. The molecule has 0 fully saturated rings. The number of nitrogens with two attached hydrogens (primary N) is 1. The number of amides is 1. The number of aryl methyl sites for hydroxylation is 2. The monoisotopic (exact) mass is 399 g/mol. The Bertz CT molecular complexity index is 1120. The fourth-order valence-electron chi connectivity index (χ4n) is 3.62. The first-order chi connectivity index (χ1) is 14.7. The van der Waals surface area contributed by atoms with E-state index in [1.165, 1.54) is 5.56 Å². The molecule has 3 aromatic carbocycles. The summed E-state index contributed by atoms with van der Waals surface area (Å²) in [5, 5.41) is 1.01. The van der Waals surface area contributed by atoms with Crippen LogP contribution in [0.1, 0.15) is 16.7 Å². The zero-order valence-corrected chi connectivity index (χ0v) is 16.8. The Hall–Kier alpha value is -3.57. The number of rotatable bonds is 8. The largest absolute Gasteiger partial charge is 0.489 e. The SMILES string of the molecule is NNC(=O)Cc1cn(CCc2ccccc2)c2ccc(OCc3ccccc3)cc12. The van der Waals surface area contributed by atoms with Crippen molar-refractivity contribution in [2.75, 3.05) is 0 Å². The smallest absolute Gasteiger partial charge is 0.238 e. The van der Waals surface area contributed by atoms with Crippen LogP contribution in [0.4, 0.5) is 0 Å². The highest BCUT2D eigenvalue weighted by Crippen LogP contribution is 2.27. The van der Waals surface area contributed by atoms with E-state index < -0.39 is 0 Å². The molecule has 3 N–H and O–H groups in total. The minimum absolute atomic E-state index is 0.215. The van der Waals surface area contributed by atoms with Gasteiger partial charge in [-0.05, 0) is 41.3 Å². The van der Waals surface area contributed by atoms with E-state index in [-0.39, 0.29) is 12.3 Å². The van der Waals surface area contributed by atoms with E-state index in [9.17, 15) is 4.79 Å². The molecule has 0 saturated heterocycles. The van der Waals surface area contributed by atoms with Gasteiger partial charge in [-0.2, -0.15) is 0 Å². The molecule has 4 rings (SSSR count). The molecule has 5 heteroatoms. The average Bonchev–Trinajstić information content (AvgIpc) is 3.14. The number of nitrogens with zero attached hydrogens (tertiary/aromatic N) is 1. The number of hydrogen-bond acceptors (Lipinski definition) is 3. The zero-order valence-electron chi connectivity index (χ0n) is 16.8. The summed E-state index contributed by atoms with van der Waals surface area (Å²) in [6, 6.07) is 26.5. The molecule has 0 saturated carbocycles. The van der Waals surface area contributed by atoms with Crippen LogP contribution in [-0.4, -0.2) is 10.5 Å². The third-order valence-electron chi connectivity index (χ3n) is 5.18. The van der Waals surface area contributed by atoms with Crippen molar-refractivity contribution < 1.29 is 9.53 Å². The van der Waals surface area contributed by atoms with Gasteiger partial charge >= 0.3 is 0 Å². The highest BCUT2D eigenvalue weighted by Gasteiger charge is 2.13. The summed E-state index contributed by atoms with van der Waals surface area (Å²) in [5.74, 6) is 5.88. The van der Waals surface area contributed by atoms with Crippen LogP contribution >= 0.6 is 0 Å². The Morgan fingerprint density at radius 2 is 1.63 bits per heavy atom. The first-order valence-corrected chi connectivity index (χ1v) is 10.0. The Morgan fingerprint density at radius 1 is 0.933 bits per heavy atom. The lowest BCUT2D eigenvalue weighted by molar-refractivity contribution is -0.120. The van der Waals surface area contributed by atoms with Gasteiger partial charge in [0.15, 0.2) is 0 Å². The van der Waals surface area contributed by atoms with E-state index in [1.54, 1.807) is 0 Å². The fourth-order valence-corrected chi connectivity index (χ4v) is 3.62. The van der Waals surface area contributed by atoms with Gasteiger partial charge in [0, 0.05) is 23.6 Å². The second-order valence-electron chi connectivity index (χ2n) is 7.28. The third kappa shape index (κ3) is 4.70. The molecule has 0 spiro atoms. The van der Waals surface area contributed by atoms with Crippen LogP contribution in [0.15, 0.2) is 85.1 Å². The molecular formula is C25H25N3O2. The first-order valence-electron chi connectivity index (χ1n) is 10.0. The maximum atomic E-state index is 11.9. The Balaban J connectivity index is 1.59. The highest BCUT2D eigenvalue weighted by molar-refractivity contribution is 5.90. The van der Waals surface area contributed by atoms with Crippen molar-refractivity contribution in [3.63, 3.8) is 0 Å². The Kier molecular flexibility index (Phi) is 6.11. The molecule has 0 aliphatic carbocycles. The molecule has 0 atom stereocenters. The predicted octanol–water partition coefficient (Wildman–Crippen LogP) is 4.00. The molecule has 0 aliphatic rings. The number of ether oxygens (including phenoxy) is 1. The predicted molar refractivity (Wildman–Crippen MR) is 119 cm³/mol. The summed E-state index contributed by atoms with van der Waals surface area (Å²) in [5.41, 5.74) is 6.64. The molecule has 30 heavy (non-hydrogen) atoms. The van der Waals surface area contributed by atoms with E-state index in [4.69, 9.17) is 10.6 Å². The lowest BCUT2D eigenvalue weighted by atomic mass is 10.1. The van der Waals surface area contributed by atoms with Crippen LogP contribution in [0.25, 0.3) is 10.9 Å². The van der Waals surface area contributed by atoms with Gasteiger partial charge in [0.2, 0.25) is 5.91 Å². The molecule has 5 nitrogen and oxygen atoms in total. The molecular weight excluding hydrogens is 374 g/mol. The van der Waals surface area contributed by atoms with E-state index in [1.807, 2.05) is 54.7 Å². The lowest BCUT2D eigenvalue weighted by Gasteiger charge is -2.08. The van der Waals surface area contributed by atoms with Crippen LogP contribution < -0.4 is 16.0 Å². The number of nitrogens with one attached hydrogen (secondary N) is 1. The summed E-state index contributed by atoms with van der Waals surface area (Å²) >= 11 is 0. The van der Waals surface area contributed by atoms with Gasteiger partial charge in [-0.25, -0.2) is 5.84 Å². The number of benzene rings is 3. The fraction of sp³-hybridized carbons (Fsp3) is 0.160. The van der Waals surface area contributed by atoms with E-state index in [2.05, 4.69) is 40.3 Å². The molecule has 4 aromatic rings. The molecule has 0 unspecified atom stereocenters. The number of hydrazine groups is 1. The van der Waals surface area contributed by atoms with Crippen molar-refractivity contribution in [2.45, 2.75) is 26.0 Å². The van der Waals surface area contributed by atoms with Crippen molar-refractivity contribution in [3.05, 3.63) is 102 Å². The normalized spacial score (nSPS) is 10.8. The average molecular weight is 399 g/mol. The molecule has 1 aromatic heterocycles. The second-order valence-corrected chi connectivity index (χ2v) is 7.28. The number of carbonyl (C=O) groups is 1. The minimum atomic E-state index is -0.215. The van der Waals surface area contributed by atoms with Gasteiger partial charge in [-0.15, -0.1) is 0 Å². The Morgan fingerprint density at radius 3 is 2.33 bits per heavy atom. The van der Waals surface area contributed by atoms with Gasteiger partial charge < -0.3 is 9.30 Å². The van der Waals surface area contributed by atoms with Crippen molar-refractivity contribution in [2.24, 2.45) is 5.84 Å². The number of hydrogen-bond donors (Lipinski definition) is 2. The Labute approximate surface area is 176 Å². The van der Waals surface area contributed by atoms with E-state index >= 15 is 0 Å². The summed E-state index contributed by atoms with van der Waals surface area (Å²) in [6.07, 6.45) is 3.19. The lowest BCUT2D eigenvalue weighted by Crippen LogP contribution is -2.31.